The molecule has 3 aliphatic carbocycles. The van der Waals surface area contributed by atoms with Gasteiger partial charge in [0.25, 0.3) is 0 Å². The number of ketones is 1. The van der Waals surface area contributed by atoms with Crippen LogP contribution >= 0.6 is 0 Å². The summed E-state index contributed by atoms with van der Waals surface area (Å²) in [5, 5.41) is 0. The Bertz CT molecular complexity index is 570. The Labute approximate surface area is 146 Å². The van der Waals surface area contributed by atoms with Gasteiger partial charge >= 0.3 is 0 Å². The molecule has 1 heterocycles. The van der Waals surface area contributed by atoms with Gasteiger partial charge in [0.2, 0.25) is 0 Å². The molecule has 3 nitrogen and oxygen atoms in total. The highest BCUT2D eigenvalue weighted by molar-refractivity contribution is 5.94. The first-order valence-corrected chi connectivity index (χ1v) is 9.84. The van der Waals surface area contributed by atoms with Crippen molar-refractivity contribution in [3.05, 3.63) is 11.6 Å². The lowest BCUT2D eigenvalue weighted by molar-refractivity contribution is -0.185. The number of ether oxygens (including phenoxy) is 2. The van der Waals surface area contributed by atoms with Crippen molar-refractivity contribution in [3.63, 3.8) is 0 Å². The smallest absolute Gasteiger partial charge is 0.172 e. The fraction of sp³-hybridized carbons (Fsp3) is 0.857. The number of hydrogen-bond donors (Lipinski definition) is 0. The molecular formula is C21H32O3. The second-order valence-corrected chi connectivity index (χ2v) is 9.45. The SMILES string of the molecule is CC[C@H]1[C@@H]2C(=O)C=C3CC4(CC[C@]3(C)C2CCC1(C)C)OCCO4. The van der Waals surface area contributed by atoms with E-state index in [0.717, 1.165) is 25.7 Å². The van der Waals surface area contributed by atoms with Crippen LogP contribution in [0.2, 0.25) is 0 Å². The number of carbonyl (C=O) groups is 1. The summed E-state index contributed by atoms with van der Waals surface area (Å²) < 4.78 is 11.9. The van der Waals surface area contributed by atoms with Gasteiger partial charge in [-0.3, -0.25) is 4.79 Å². The molecule has 3 heteroatoms. The lowest BCUT2D eigenvalue weighted by atomic mass is 9.47. The minimum absolute atomic E-state index is 0.156. The van der Waals surface area contributed by atoms with Crippen molar-refractivity contribution in [1.82, 2.24) is 0 Å². The van der Waals surface area contributed by atoms with Crippen LogP contribution in [0.5, 0.6) is 0 Å². The molecule has 1 aliphatic heterocycles. The van der Waals surface area contributed by atoms with Crippen molar-refractivity contribution in [1.29, 1.82) is 0 Å². The summed E-state index contributed by atoms with van der Waals surface area (Å²) in [6.07, 6.45) is 8.37. The Morgan fingerprint density at radius 3 is 2.50 bits per heavy atom. The first-order chi connectivity index (χ1) is 11.3. The van der Waals surface area contributed by atoms with E-state index in [1.165, 1.54) is 18.4 Å². The Balaban J connectivity index is 1.71. The standard InChI is InChI=1S/C21H32O3/c1-5-15-18-16(6-7-19(15,2)3)20(4)8-9-21(23-10-11-24-21)13-14(20)12-17(18)22/h12,15-16,18H,5-11,13H2,1-4H3/t15-,16?,18-,20-/m0/s1. The Morgan fingerprint density at radius 2 is 1.83 bits per heavy atom. The van der Waals surface area contributed by atoms with Gasteiger partial charge < -0.3 is 9.47 Å². The molecule has 0 N–H and O–H groups in total. The highest BCUT2D eigenvalue weighted by Crippen LogP contribution is 2.62. The van der Waals surface area contributed by atoms with Crippen LogP contribution in [0.4, 0.5) is 0 Å². The van der Waals surface area contributed by atoms with E-state index in [0.29, 0.717) is 30.8 Å². The summed E-state index contributed by atoms with van der Waals surface area (Å²) in [4.78, 5) is 13.1. The summed E-state index contributed by atoms with van der Waals surface area (Å²) in [5.74, 6) is 1.17. The first-order valence-electron chi connectivity index (χ1n) is 9.84. The fourth-order valence-corrected chi connectivity index (χ4v) is 6.42. The van der Waals surface area contributed by atoms with E-state index in [4.69, 9.17) is 9.47 Å². The van der Waals surface area contributed by atoms with E-state index < -0.39 is 5.79 Å². The first kappa shape index (κ1) is 16.8. The van der Waals surface area contributed by atoms with Gasteiger partial charge in [-0.25, -0.2) is 0 Å². The molecule has 0 radical (unpaired) electrons. The topological polar surface area (TPSA) is 35.5 Å². The predicted octanol–water partition coefficient (Wildman–Crippen LogP) is 4.51. The maximum Gasteiger partial charge on any atom is 0.172 e. The molecule has 134 valence electrons. The van der Waals surface area contributed by atoms with Gasteiger partial charge in [-0.05, 0) is 48.0 Å². The van der Waals surface area contributed by atoms with Crippen LogP contribution < -0.4 is 0 Å². The third-order valence-electron chi connectivity index (χ3n) is 7.91. The lowest BCUT2D eigenvalue weighted by Gasteiger charge is -2.58. The molecule has 1 saturated heterocycles. The van der Waals surface area contributed by atoms with Crippen molar-refractivity contribution in [2.75, 3.05) is 13.2 Å². The minimum Gasteiger partial charge on any atom is -0.347 e. The van der Waals surface area contributed by atoms with Crippen LogP contribution in [0.1, 0.15) is 66.2 Å². The van der Waals surface area contributed by atoms with Crippen LogP contribution in [-0.4, -0.2) is 24.8 Å². The number of allylic oxidation sites excluding steroid dienone is 1. The number of carbonyl (C=O) groups excluding carboxylic acids is 1. The van der Waals surface area contributed by atoms with Gasteiger partial charge in [-0.2, -0.15) is 0 Å². The van der Waals surface area contributed by atoms with Crippen LogP contribution in [0.3, 0.4) is 0 Å². The third-order valence-corrected chi connectivity index (χ3v) is 7.91. The summed E-state index contributed by atoms with van der Waals surface area (Å²) in [7, 11) is 0. The van der Waals surface area contributed by atoms with Gasteiger partial charge in [0.15, 0.2) is 11.6 Å². The van der Waals surface area contributed by atoms with Crippen LogP contribution in [0, 0.1) is 28.6 Å². The summed E-state index contributed by atoms with van der Waals surface area (Å²) in [6.45, 7) is 10.8. The molecule has 0 aromatic heterocycles. The number of rotatable bonds is 1. The van der Waals surface area contributed by atoms with Crippen molar-refractivity contribution in [2.24, 2.45) is 28.6 Å². The van der Waals surface area contributed by atoms with Gasteiger partial charge in [0.1, 0.15) is 0 Å². The molecular weight excluding hydrogens is 300 g/mol. The average Bonchev–Trinajstić information content (AvgIpc) is 2.97. The van der Waals surface area contributed by atoms with Gasteiger partial charge in [0.05, 0.1) is 13.2 Å². The normalized spacial score (nSPS) is 43.2. The van der Waals surface area contributed by atoms with E-state index in [9.17, 15) is 4.79 Å². The Hall–Kier alpha value is -0.670. The average molecular weight is 332 g/mol. The number of fused-ring (bicyclic) bond motifs is 3. The van der Waals surface area contributed by atoms with Crippen LogP contribution in [-0.2, 0) is 14.3 Å². The van der Waals surface area contributed by atoms with Crippen LogP contribution in [0.15, 0.2) is 11.6 Å². The zero-order valence-corrected chi connectivity index (χ0v) is 15.7. The van der Waals surface area contributed by atoms with Crippen molar-refractivity contribution >= 4 is 5.78 Å². The van der Waals surface area contributed by atoms with E-state index in [2.05, 4.69) is 27.7 Å². The highest BCUT2D eigenvalue weighted by atomic mass is 16.7. The van der Waals surface area contributed by atoms with Gasteiger partial charge in [-0.1, -0.05) is 39.7 Å². The molecule has 1 spiro atoms. The molecule has 0 aromatic rings. The molecule has 4 rings (SSSR count). The van der Waals surface area contributed by atoms with E-state index in [1.807, 2.05) is 6.08 Å². The number of hydrogen-bond acceptors (Lipinski definition) is 3. The van der Waals surface area contributed by atoms with Crippen molar-refractivity contribution < 1.29 is 14.3 Å². The minimum atomic E-state index is -0.434. The molecule has 0 aromatic carbocycles. The maximum absolute atomic E-state index is 13.1. The summed E-state index contributed by atoms with van der Waals surface area (Å²) >= 11 is 0. The molecule has 4 atom stereocenters. The molecule has 24 heavy (non-hydrogen) atoms. The highest BCUT2D eigenvalue weighted by Gasteiger charge is 2.58. The fourth-order valence-electron chi connectivity index (χ4n) is 6.42. The van der Waals surface area contributed by atoms with E-state index in [1.54, 1.807) is 0 Å². The van der Waals surface area contributed by atoms with E-state index >= 15 is 0 Å². The molecule has 1 unspecified atom stereocenters. The molecule has 2 saturated carbocycles. The molecule has 0 amide bonds. The lowest BCUT2D eigenvalue weighted by Crippen LogP contribution is -2.54. The summed E-state index contributed by atoms with van der Waals surface area (Å²) in [6, 6.07) is 0. The van der Waals surface area contributed by atoms with Gasteiger partial charge in [-0.15, -0.1) is 0 Å². The second kappa shape index (κ2) is 5.41. The van der Waals surface area contributed by atoms with Crippen molar-refractivity contribution in [3.8, 4) is 0 Å². The third kappa shape index (κ3) is 2.27. The monoisotopic (exact) mass is 332 g/mol. The Kier molecular flexibility index (Phi) is 3.78. The maximum atomic E-state index is 13.1. The second-order valence-electron chi connectivity index (χ2n) is 9.45. The molecule has 3 fully saturated rings. The van der Waals surface area contributed by atoms with Crippen LogP contribution in [0.25, 0.3) is 0 Å². The quantitative estimate of drug-likeness (QED) is 0.709. The van der Waals surface area contributed by atoms with Gasteiger partial charge in [0, 0.05) is 18.8 Å². The Morgan fingerprint density at radius 1 is 1.12 bits per heavy atom. The molecule has 0 bridgehead atoms. The summed E-state index contributed by atoms with van der Waals surface area (Å²) in [5.41, 5.74) is 1.74. The predicted molar refractivity (Wildman–Crippen MR) is 93.5 cm³/mol. The molecule has 4 aliphatic rings. The van der Waals surface area contributed by atoms with E-state index in [-0.39, 0.29) is 16.7 Å². The van der Waals surface area contributed by atoms with Crippen molar-refractivity contribution in [2.45, 2.75) is 72.0 Å². The zero-order valence-electron chi connectivity index (χ0n) is 15.7. The largest absolute Gasteiger partial charge is 0.347 e. The zero-order chi connectivity index (χ0) is 17.2.